The Kier molecular flexibility index (Phi) is 3.47. The Hall–Kier alpha value is -0.370. The molecule has 0 aromatic heterocycles. The molecule has 0 saturated heterocycles. The van der Waals surface area contributed by atoms with Gasteiger partial charge in [0.1, 0.15) is 5.82 Å². The van der Waals surface area contributed by atoms with Gasteiger partial charge < -0.3 is 0 Å². The van der Waals surface area contributed by atoms with Crippen LogP contribution in [-0.4, -0.2) is 0 Å². The Balaban J connectivity index is 0.000000640. The van der Waals surface area contributed by atoms with Crippen LogP contribution in [0.15, 0.2) is 24.3 Å². The summed E-state index contributed by atoms with van der Waals surface area (Å²) >= 11 is 0. The molecular formula is C7H8BrF. The number of aryl methyl sites for hydroxylation is 1. The summed E-state index contributed by atoms with van der Waals surface area (Å²) in [6, 6.07) is 6.70. The van der Waals surface area contributed by atoms with Crippen molar-refractivity contribution in [3.63, 3.8) is 0 Å². The number of hydrogen-bond donors (Lipinski definition) is 0. The van der Waals surface area contributed by atoms with Gasteiger partial charge in [0.15, 0.2) is 0 Å². The molecule has 1 aromatic carbocycles. The summed E-state index contributed by atoms with van der Waals surface area (Å²) in [6.07, 6.45) is 0. The van der Waals surface area contributed by atoms with E-state index in [4.69, 9.17) is 0 Å². The summed E-state index contributed by atoms with van der Waals surface area (Å²) < 4.78 is 12.3. The molecule has 0 amide bonds. The maximum Gasteiger partial charge on any atom is 0.126 e. The van der Waals surface area contributed by atoms with Gasteiger partial charge >= 0.3 is 0 Å². The largest absolute Gasteiger partial charge is 0.207 e. The fraction of sp³-hybridized carbons (Fsp3) is 0.143. The number of benzene rings is 1. The van der Waals surface area contributed by atoms with Crippen molar-refractivity contribution in [1.29, 1.82) is 0 Å². The summed E-state index contributed by atoms with van der Waals surface area (Å²) in [4.78, 5) is 0. The maximum absolute atomic E-state index is 12.3. The summed E-state index contributed by atoms with van der Waals surface area (Å²) in [7, 11) is 0. The third-order valence-corrected chi connectivity index (χ3v) is 1.08. The molecule has 0 radical (unpaired) electrons. The molecule has 9 heavy (non-hydrogen) atoms. The molecule has 0 aliphatic heterocycles. The highest BCUT2D eigenvalue weighted by molar-refractivity contribution is 8.93. The third kappa shape index (κ3) is 2.14. The molecule has 0 aliphatic carbocycles. The average molecular weight is 191 g/mol. The molecule has 0 saturated carbocycles. The van der Waals surface area contributed by atoms with Gasteiger partial charge in [0.05, 0.1) is 0 Å². The van der Waals surface area contributed by atoms with Gasteiger partial charge in [-0.05, 0) is 18.6 Å². The third-order valence-electron chi connectivity index (χ3n) is 1.08. The highest BCUT2D eigenvalue weighted by Gasteiger charge is 1.88. The van der Waals surface area contributed by atoms with E-state index in [2.05, 4.69) is 0 Å². The molecule has 1 rings (SSSR count). The molecule has 0 atom stereocenters. The first kappa shape index (κ1) is 8.63. The van der Waals surface area contributed by atoms with Crippen LogP contribution in [0.2, 0.25) is 0 Å². The van der Waals surface area contributed by atoms with Crippen LogP contribution in [-0.2, 0) is 0 Å². The monoisotopic (exact) mass is 190 g/mol. The van der Waals surface area contributed by atoms with E-state index in [1.165, 1.54) is 6.07 Å². The Morgan fingerprint density at radius 3 is 2.11 bits per heavy atom. The van der Waals surface area contributed by atoms with E-state index in [9.17, 15) is 4.39 Å². The van der Waals surface area contributed by atoms with Crippen molar-refractivity contribution in [1.82, 2.24) is 0 Å². The topological polar surface area (TPSA) is 0 Å². The molecule has 1 aromatic rings. The lowest BCUT2D eigenvalue weighted by molar-refractivity contribution is 0.618. The molecule has 0 heterocycles. The first-order chi connectivity index (χ1) is 3.80. The molecule has 0 nitrogen and oxygen atoms in total. The Morgan fingerprint density at radius 1 is 1.22 bits per heavy atom. The fourth-order valence-corrected chi connectivity index (χ4v) is 0.551. The highest BCUT2D eigenvalue weighted by atomic mass is 79.9. The second-order valence-corrected chi connectivity index (χ2v) is 1.75. The van der Waals surface area contributed by atoms with Gasteiger partial charge in [0.25, 0.3) is 0 Å². The predicted molar refractivity (Wildman–Crippen MR) is 41.5 cm³/mol. The number of rotatable bonds is 0. The van der Waals surface area contributed by atoms with Crippen molar-refractivity contribution < 1.29 is 4.39 Å². The molecule has 0 N–H and O–H groups in total. The quantitative estimate of drug-likeness (QED) is 0.591. The van der Waals surface area contributed by atoms with Gasteiger partial charge in [-0.3, -0.25) is 0 Å². The second-order valence-electron chi connectivity index (χ2n) is 1.75. The van der Waals surface area contributed by atoms with Gasteiger partial charge in [0, 0.05) is 0 Å². The van der Waals surface area contributed by atoms with Crippen molar-refractivity contribution in [2.75, 3.05) is 0 Å². The molecule has 0 bridgehead atoms. The summed E-state index contributed by atoms with van der Waals surface area (Å²) in [5.41, 5.74) is 0.701. The highest BCUT2D eigenvalue weighted by Crippen LogP contribution is 2.01. The first-order valence-electron chi connectivity index (χ1n) is 2.52. The van der Waals surface area contributed by atoms with Crippen molar-refractivity contribution in [2.45, 2.75) is 6.92 Å². The smallest absolute Gasteiger partial charge is 0.126 e. The van der Waals surface area contributed by atoms with Crippen molar-refractivity contribution >= 4 is 17.0 Å². The lowest BCUT2D eigenvalue weighted by atomic mass is 10.2. The Labute approximate surface area is 64.5 Å². The van der Waals surface area contributed by atoms with E-state index in [1.807, 2.05) is 6.07 Å². The van der Waals surface area contributed by atoms with E-state index in [0.29, 0.717) is 5.56 Å². The minimum Gasteiger partial charge on any atom is -0.207 e. The van der Waals surface area contributed by atoms with Crippen LogP contribution in [0.1, 0.15) is 5.56 Å². The SMILES string of the molecule is Br.Cc1ccccc1F. The Morgan fingerprint density at radius 2 is 1.78 bits per heavy atom. The lowest BCUT2D eigenvalue weighted by Crippen LogP contribution is -1.76. The van der Waals surface area contributed by atoms with Crippen LogP contribution in [0.25, 0.3) is 0 Å². The van der Waals surface area contributed by atoms with Gasteiger partial charge in [-0.15, -0.1) is 17.0 Å². The van der Waals surface area contributed by atoms with Crippen molar-refractivity contribution in [3.8, 4) is 0 Å². The molecule has 0 spiro atoms. The minimum atomic E-state index is -0.132. The lowest BCUT2D eigenvalue weighted by Gasteiger charge is -1.89. The Bertz CT molecular complexity index is 165. The van der Waals surface area contributed by atoms with Crippen LogP contribution in [0, 0.1) is 12.7 Å². The second kappa shape index (κ2) is 3.62. The first-order valence-corrected chi connectivity index (χ1v) is 2.52. The van der Waals surface area contributed by atoms with Gasteiger partial charge in [-0.1, -0.05) is 18.2 Å². The summed E-state index contributed by atoms with van der Waals surface area (Å²) in [6.45, 7) is 1.75. The average Bonchev–Trinajstić information content (AvgIpc) is 1.77. The van der Waals surface area contributed by atoms with Crippen LogP contribution < -0.4 is 0 Å². The minimum absolute atomic E-state index is 0. The maximum atomic E-state index is 12.3. The molecule has 0 aliphatic rings. The van der Waals surface area contributed by atoms with Crippen molar-refractivity contribution in [2.24, 2.45) is 0 Å². The van der Waals surface area contributed by atoms with Crippen LogP contribution in [0.3, 0.4) is 0 Å². The van der Waals surface area contributed by atoms with E-state index >= 15 is 0 Å². The van der Waals surface area contributed by atoms with Gasteiger partial charge in [-0.25, -0.2) is 4.39 Å². The van der Waals surface area contributed by atoms with Crippen molar-refractivity contribution in [3.05, 3.63) is 35.6 Å². The van der Waals surface area contributed by atoms with Crippen LogP contribution in [0.5, 0.6) is 0 Å². The van der Waals surface area contributed by atoms with Gasteiger partial charge in [-0.2, -0.15) is 0 Å². The zero-order valence-electron chi connectivity index (χ0n) is 5.10. The molecule has 0 unspecified atom stereocenters. The van der Waals surface area contributed by atoms with Crippen LogP contribution in [0.4, 0.5) is 4.39 Å². The standard InChI is InChI=1S/C7H7F.BrH/c1-6-4-2-3-5-7(6)8;/h2-5H,1H3;1H. The zero-order chi connectivity index (χ0) is 5.98. The number of hydrogen-bond acceptors (Lipinski definition) is 0. The molecule has 2 heteroatoms. The molecule has 50 valence electrons. The van der Waals surface area contributed by atoms with E-state index in [1.54, 1.807) is 19.1 Å². The molecular weight excluding hydrogens is 183 g/mol. The predicted octanol–water partition coefficient (Wildman–Crippen LogP) is 2.71. The zero-order valence-corrected chi connectivity index (χ0v) is 6.81. The molecule has 0 fully saturated rings. The summed E-state index contributed by atoms with van der Waals surface area (Å²) in [5, 5.41) is 0. The van der Waals surface area contributed by atoms with Gasteiger partial charge in [0.2, 0.25) is 0 Å². The number of halogens is 2. The van der Waals surface area contributed by atoms with E-state index in [0.717, 1.165) is 0 Å². The summed E-state index contributed by atoms with van der Waals surface area (Å²) in [5.74, 6) is -0.132. The van der Waals surface area contributed by atoms with Crippen LogP contribution >= 0.6 is 17.0 Å². The normalized spacial score (nSPS) is 8.22. The van der Waals surface area contributed by atoms with E-state index < -0.39 is 0 Å². The van der Waals surface area contributed by atoms with E-state index in [-0.39, 0.29) is 22.8 Å². The fourth-order valence-electron chi connectivity index (χ4n) is 0.551.